The molecule has 0 aliphatic heterocycles. The highest BCUT2D eigenvalue weighted by atomic mass is 32.2. The van der Waals surface area contributed by atoms with Crippen LogP contribution in [0.5, 0.6) is 0 Å². The Bertz CT molecular complexity index is 859. The lowest BCUT2D eigenvalue weighted by atomic mass is 10.1. The quantitative estimate of drug-likeness (QED) is 0.578. The smallest absolute Gasteiger partial charge is 0.251 e. The molecule has 1 heterocycles. The Morgan fingerprint density at radius 1 is 1.21 bits per heavy atom. The third-order valence-corrected chi connectivity index (χ3v) is 6.54. The Balaban J connectivity index is 1.91. The van der Waals surface area contributed by atoms with Crippen LogP contribution in [0.15, 0.2) is 45.9 Å². The highest BCUT2D eigenvalue weighted by Gasteiger charge is 2.24. The lowest BCUT2D eigenvalue weighted by molar-refractivity contribution is 0.0917. The van der Waals surface area contributed by atoms with E-state index in [4.69, 9.17) is 9.15 Å². The second kappa shape index (κ2) is 10.4. The normalized spacial score (nSPS) is 11.7. The molecule has 0 saturated carbocycles. The van der Waals surface area contributed by atoms with E-state index in [9.17, 15) is 13.2 Å². The van der Waals surface area contributed by atoms with E-state index in [0.29, 0.717) is 50.4 Å². The topological polar surface area (TPSA) is 88.9 Å². The van der Waals surface area contributed by atoms with Gasteiger partial charge in [-0.25, -0.2) is 8.42 Å². The molecular weight excluding hydrogens is 380 g/mol. The predicted octanol–water partition coefficient (Wildman–Crippen LogP) is 2.96. The molecule has 0 aliphatic carbocycles. The standard InChI is InChI=1S/C20H28N2O5S/c1-4-22(5-2)28(24,25)19-14-17(10-9-16(19)3)20(23)21-11-7-12-26-15-18-8-6-13-27-18/h6,8-10,13-14H,4-5,7,11-12,15H2,1-3H3,(H,21,23). The summed E-state index contributed by atoms with van der Waals surface area (Å²) < 4.78 is 37.6. The first-order chi connectivity index (χ1) is 13.4. The molecule has 7 nitrogen and oxygen atoms in total. The zero-order chi connectivity index (χ0) is 20.6. The molecule has 0 unspecified atom stereocenters. The molecule has 154 valence electrons. The number of nitrogens with zero attached hydrogens (tertiary/aromatic N) is 1. The summed E-state index contributed by atoms with van der Waals surface area (Å²) in [7, 11) is -3.62. The first-order valence-corrected chi connectivity index (χ1v) is 10.8. The molecular formula is C20H28N2O5S. The lowest BCUT2D eigenvalue weighted by Crippen LogP contribution is -2.31. The van der Waals surface area contributed by atoms with Gasteiger partial charge in [0.05, 0.1) is 11.2 Å². The van der Waals surface area contributed by atoms with E-state index >= 15 is 0 Å². The predicted molar refractivity (Wildman–Crippen MR) is 107 cm³/mol. The fourth-order valence-corrected chi connectivity index (χ4v) is 4.48. The third kappa shape index (κ3) is 5.67. The summed E-state index contributed by atoms with van der Waals surface area (Å²) in [4.78, 5) is 12.6. The van der Waals surface area contributed by atoms with E-state index in [-0.39, 0.29) is 10.8 Å². The fourth-order valence-electron chi connectivity index (χ4n) is 2.77. The molecule has 2 rings (SSSR count). The SMILES string of the molecule is CCN(CC)S(=O)(=O)c1cc(C(=O)NCCCOCc2ccco2)ccc1C. The van der Waals surface area contributed by atoms with Crippen LogP contribution in [0.3, 0.4) is 0 Å². The average molecular weight is 409 g/mol. The van der Waals surface area contributed by atoms with Crippen molar-refractivity contribution < 1.29 is 22.4 Å². The maximum Gasteiger partial charge on any atom is 0.251 e. The fraction of sp³-hybridized carbons (Fsp3) is 0.450. The van der Waals surface area contributed by atoms with Gasteiger partial charge >= 0.3 is 0 Å². The van der Waals surface area contributed by atoms with Crippen molar-refractivity contribution in [3.8, 4) is 0 Å². The van der Waals surface area contributed by atoms with Gasteiger partial charge in [0, 0.05) is 31.8 Å². The number of rotatable bonds is 11. The third-order valence-electron chi connectivity index (χ3n) is 4.35. The minimum Gasteiger partial charge on any atom is -0.467 e. The van der Waals surface area contributed by atoms with Crippen LogP contribution in [0.2, 0.25) is 0 Å². The van der Waals surface area contributed by atoms with E-state index in [1.54, 1.807) is 45.2 Å². The van der Waals surface area contributed by atoms with Crippen molar-refractivity contribution in [1.29, 1.82) is 0 Å². The first-order valence-electron chi connectivity index (χ1n) is 9.39. The van der Waals surface area contributed by atoms with Crippen LogP contribution in [-0.2, 0) is 21.4 Å². The maximum atomic E-state index is 12.8. The number of amides is 1. The number of furan rings is 1. The molecule has 1 aromatic heterocycles. The summed E-state index contributed by atoms with van der Waals surface area (Å²) in [6, 6.07) is 8.39. The van der Waals surface area contributed by atoms with Gasteiger partial charge in [0.1, 0.15) is 12.4 Å². The first kappa shape index (κ1) is 22.1. The number of hydrogen-bond acceptors (Lipinski definition) is 5. The number of carbonyl (C=O) groups is 1. The minimum atomic E-state index is -3.62. The Morgan fingerprint density at radius 2 is 1.96 bits per heavy atom. The van der Waals surface area contributed by atoms with Gasteiger partial charge in [0.15, 0.2) is 0 Å². The van der Waals surface area contributed by atoms with E-state index in [1.165, 1.54) is 10.4 Å². The highest BCUT2D eigenvalue weighted by molar-refractivity contribution is 7.89. The molecule has 0 fully saturated rings. The number of hydrogen-bond donors (Lipinski definition) is 1. The van der Waals surface area contributed by atoms with Gasteiger partial charge in [-0.1, -0.05) is 19.9 Å². The van der Waals surface area contributed by atoms with Crippen molar-refractivity contribution in [2.75, 3.05) is 26.2 Å². The van der Waals surface area contributed by atoms with Crippen molar-refractivity contribution in [2.24, 2.45) is 0 Å². The molecule has 0 radical (unpaired) electrons. The average Bonchev–Trinajstić information content (AvgIpc) is 3.18. The van der Waals surface area contributed by atoms with Crippen molar-refractivity contribution in [3.05, 3.63) is 53.5 Å². The van der Waals surface area contributed by atoms with Gasteiger partial charge in [-0.05, 0) is 43.2 Å². The molecule has 0 spiro atoms. The molecule has 2 aromatic rings. The van der Waals surface area contributed by atoms with Crippen LogP contribution in [-0.4, -0.2) is 44.9 Å². The number of aryl methyl sites for hydroxylation is 1. The van der Waals surface area contributed by atoms with Crippen LogP contribution in [0.25, 0.3) is 0 Å². The molecule has 0 bridgehead atoms. The van der Waals surface area contributed by atoms with E-state index < -0.39 is 10.0 Å². The van der Waals surface area contributed by atoms with Crippen molar-refractivity contribution in [3.63, 3.8) is 0 Å². The molecule has 0 aliphatic rings. The Hall–Kier alpha value is -2.16. The number of carbonyl (C=O) groups excluding carboxylic acids is 1. The van der Waals surface area contributed by atoms with Crippen LogP contribution in [0.4, 0.5) is 0 Å². The number of ether oxygens (including phenoxy) is 1. The van der Waals surface area contributed by atoms with Gasteiger partial charge in [0.2, 0.25) is 10.0 Å². The second-order valence-electron chi connectivity index (χ2n) is 6.31. The summed E-state index contributed by atoms with van der Waals surface area (Å²) >= 11 is 0. The van der Waals surface area contributed by atoms with Crippen LogP contribution >= 0.6 is 0 Å². The maximum absolute atomic E-state index is 12.8. The van der Waals surface area contributed by atoms with Crippen molar-refractivity contribution >= 4 is 15.9 Å². The van der Waals surface area contributed by atoms with Crippen LogP contribution < -0.4 is 5.32 Å². The zero-order valence-electron chi connectivity index (χ0n) is 16.6. The molecule has 0 saturated heterocycles. The Kier molecular flexibility index (Phi) is 8.22. The van der Waals surface area contributed by atoms with Gasteiger partial charge in [-0.2, -0.15) is 4.31 Å². The zero-order valence-corrected chi connectivity index (χ0v) is 17.4. The monoisotopic (exact) mass is 408 g/mol. The van der Waals surface area contributed by atoms with Gasteiger partial charge in [-0.15, -0.1) is 0 Å². The number of sulfonamides is 1. The summed E-state index contributed by atoms with van der Waals surface area (Å²) in [5.74, 6) is 0.452. The Labute approximate surface area is 166 Å². The molecule has 8 heteroatoms. The lowest BCUT2D eigenvalue weighted by Gasteiger charge is -2.20. The van der Waals surface area contributed by atoms with Gasteiger partial charge in [0.25, 0.3) is 5.91 Å². The largest absolute Gasteiger partial charge is 0.467 e. The van der Waals surface area contributed by atoms with E-state index in [1.807, 2.05) is 6.07 Å². The van der Waals surface area contributed by atoms with E-state index in [2.05, 4.69) is 5.32 Å². The minimum absolute atomic E-state index is 0.172. The van der Waals surface area contributed by atoms with E-state index in [0.717, 1.165) is 5.76 Å². The van der Waals surface area contributed by atoms with Crippen LogP contribution in [0.1, 0.15) is 41.9 Å². The van der Waals surface area contributed by atoms with Gasteiger partial charge < -0.3 is 14.5 Å². The second-order valence-corrected chi connectivity index (χ2v) is 8.22. The van der Waals surface area contributed by atoms with Crippen LogP contribution in [0, 0.1) is 6.92 Å². The summed E-state index contributed by atoms with van der Waals surface area (Å²) in [5.41, 5.74) is 0.947. The molecule has 1 N–H and O–H groups in total. The number of benzene rings is 1. The van der Waals surface area contributed by atoms with Gasteiger partial charge in [-0.3, -0.25) is 4.79 Å². The number of nitrogens with one attached hydrogen (secondary N) is 1. The summed E-state index contributed by atoms with van der Waals surface area (Å²) in [6.07, 6.45) is 2.23. The molecule has 0 atom stereocenters. The molecule has 28 heavy (non-hydrogen) atoms. The molecule has 1 aromatic carbocycles. The van der Waals surface area contributed by atoms with Crippen molar-refractivity contribution in [2.45, 2.75) is 38.7 Å². The summed E-state index contributed by atoms with van der Waals surface area (Å²) in [5, 5.41) is 2.80. The highest BCUT2D eigenvalue weighted by Crippen LogP contribution is 2.21. The van der Waals surface area contributed by atoms with Crippen molar-refractivity contribution in [1.82, 2.24) is 9.62 Å². The summed E-state index contributed by atoms with van der Waals surface area (Å²) in [6.45, 7) is 7.39. The Morgan fingerprint density at radius 3 is 2.61 bits per heavy atom. The molecule has 1 amide bonds.